The highest BCUT2D eigenvalue weighted by Gasteiger charge is 2.31. The van der Waals surface area contributed by atoms with Crippen molar-refractivity contribution < 1.29 is 19.0 Å². The predicted molar refractivity (Wildman–Crippen MR) is 214 cm³/mol. The lowest BCUT2D eigenvalue weighted by molar-refractivity contribution is 0.0724. The number of nitrogens with zero attached hydrogens (tertiary/aromatic N) is 8. The number of methoxy groups -OCH3 is 2. The quantitative estimate of drug-likeness (QED) is 0.146. The highest BCUT2D eigenvalue weighted by atomic mass is 16.5. The summed E-state index contributed by atoms with van der Waals surface area (Å²) >= 11 is 0. The van der Waals surface area contributed by atoms with Gasteiger partial charge in [-0.3, -0.25) is 4.79 Å². The average Bonchev–Trinajstić information content (AvgIpc) is 3.68. The lowest BCUT2D eigenvalue weighted by Gasteiger charge is -2.29. The molecule has 5 heterocycles. The molecule has 5 aromatic rings. The van der Waals surface area contributed by atoms with Gasteiger partial charge in [-0.2, -0.15) is 4.98 Å². The van der Waals surface area contributed by atoms with Gasteiger partial charge in [0.05, 0.1) is 33.1 Å². The van der Waals surface area contributed by atoms with Gasteiger partial charge < -0.3 is 33.8 Å². The molecule has 2 fully saturated rings. The molecule has 0 unspecified atom stereocenters. The van der Waals surface area contributed by atoms with Crippen molar-refractivity contribution >= 4 is 29.3 Å². The number of piperidine rings is 1. The molecule has 12 heteroatoms. The SMILES string of the molecule is COc1ccc(CN(Cc2ccc(OC)cc2)c2ncc(-c3nc(N4CCOCC4)nc4c3CCN4c3ccc(C(=O)N4CCCCC4)cc3C)cn2)cc1. The summed E-state index contributed by atoms with van der Waals surface area (Å²) in [6.45, 7) is 8.39. The van der Waals surface area contributed by atoms with Gasteiger partial charge in [0, 0.05) is 80.6 Å². The summed E-state index contributed by atoms with van der Waals surface area (Å²) in [4.78, 5) is 42.3. The fraction of sp³-hybridized carbons (Fsp3) is 0.372. The third-order valence-electron chi connectivity index (χ3n) is 10.7. The predicted octanol–water partition coefficient (Wildman–Crippen LogP) is 6.62. The number of benzene rings is 3. The minimum atomic E-state index is 0.116. The second-order valence-corrected chi connectivity index (χ2v) is 14.4. The third kappa shape index (κ3) is 7.91. The topological polar surface area (TPSA) is 109 Å². The van der Waals surface area contributed by atoms with Gasteiger partial charge in [-0.05, 0) is 91.8 Å². The lowest BCUT2D eigenvalue weighted by Crippen LogP contribution is -2.37. The second kappa shape index (κ2) is 16.3. The van der Waals surface area contributed by atoms with Crippen molar-refractivity contribution in [3.05, 3.63) is 107 Å². The van der Waals surface area contributed by atoms with Gasteiger partial charge in [-0.1, -0.05) is 24.3 Å². The van der Waals surface area contributed by atoms with E-state index in [-0.39, 0.29) is 5.91 Å². The molecule has 3 aliphatic rings. The molecular formula is C43H48N8O4. The molecule has 0 saturated carbocycles. The van der Waals surface area contributed by atoms with Crippen molar-refractivity contribution in [2.45, 2.75) is 45.7 Å². The maximum absolute atomic E-state index is 13.4. The monoisotopic (exact) mass is 740 g/mol. The van der Waals surface area contributed by atoms with Crippen LogP contribution < -0.4 is 24.2 Å². The number of likely N-dealkylation sites (tertiary alicyclic amines) is 1. The zero-order chi connectivity index (χ0) is 37.7. The molecule has 0 N–H and O–H groups in total. The van der Waals surface area contributed by atoms with Gasteiger partial charge in [0.2, 0.25) is 11.9 Å². The van der Waals surface area contributed by atoms with Crippen LogP contribution >= 0.6 is 0 Å². The first-order valence-corrected chi connectivity index (χ1v) is 19.2. The van der Waals surface area contributed by atoms with E-state index >= 15 is 0 Å². The van der Waals surface area contributed by atoms with E-state index in [0.29, 0.717) is 51.3 Å². The minimum Gasteiger partial charge on any atom is -0.497 e. The van der Waals surface area contributed by atoms with E-state index in [1.54, 1.807) is 14.2 Å². The molecule has 3 aliphatic heterocycles. The van der Waals surface area contributed by atoms with Gasteiger partial charge in [-0.15, -0.1) is 0 Å². The van der Waals surface area contributed by atoms with Crippen molar-refractivity contribution in [2.75, 3.05) is 74.9 Å². The van der Waals surface area contributed by atoms with Gasteiger partial charge in [0.25, 0.3) is 5.91 Å². The van der Waals surface area contributed by atoms with Crippen LogP contribution in [-0.4, -0.2) is 90.9 Å². The summed E-state index contributed by atoms with van der Waals surface area (Å²) in [6.07, 6.45) is 7.87. The molecule has 0 bridgehead atoms. The second-order valence-electron chi connectivity index (χ2n) is 14.4. The Labute approximate surface area is 322 Å². The Kier molecular flexibility index (Phi) is 10.8. The maximum atomic E-state index is 13.4. The number of fused-ring (bicyclic) bond motifs is 1. The molecule has 12 nitrogen and oxygen atoms in total. The Morgan fingerprint density at radius 3 is 2.02 bits per heavy atom. The number of morpholine rings is 1. The van der Waals surface area contributed by atoms with E-state index in [4.69, 9.17) is 34.1 Å². The van der Waals surface area contributed by atoms with E-state index in [0.717, 1.165) is 101 Å². The highest BCUT2D eigenvalue weighted by Crippen LogP contribution is 2.40. The van der Waals surface area contributed by atoms with Crippen LogP contribution in [0.15, 0.2) is 79.1 Å². The molecule has 3 aromatic carbocycles. The summed E-state index contributed by atoms with van der Waals surface area (Å²) < 4.78 is 16.5. The summed E-state index contributed by atoms with van der Waals surface area (Å²) in [5.74, 6) is 3.91. The van der Waals surface area contributed by atoms with E-state index in [2.05, 4.69) is 52.0 Å². The number of aryl methyl sites for hydroxylation is 1. The van der Waals surface area contributed by atoms with Crippen molar-refractivity contribution in [1.29, 1.82) is 0 Å². The smallest absolute Gasteiger partial charge is 0.253 e. The van der Waals surface area contributed by atoms with E-state index in [1.165, 1.54) is 6.42 Å². The van der Waals surface area contributed by atoms with Crippen LogP contribution in [0.2, 0.25) is 0 Å². The fourth-order valence-corrected chi connectivity index (χ4v) is 7.70. The third-order valence-corrected chi connectivity index (χ3v) is 10.7. The molecule has 0 atom stereocenters. The number of ether oxygens (including phenoxy) is 3. The van der Waals surface area contributed by atoms with Crippen molar-refractivity contribution in [1.82, 2.24) is 24.8 Å². The number of hydrogen-bond acceptors (Lipinski definition) is 11. The minimum absolute atomic E-state index is 0.116. The molecule has 1 amide bonds. The first-order chi connectivity index (χ1) is 27.0. The number of rotatable bonds is 11. The summed E-state index contributed by atoms with van der Waals surface area (Å²) in [5, 5.41) is 0. The Bertz CT molecular complexity index is 2050. The van der Waals surface area contributed by atoms with E-state index in [9.17, 15) is 4.79 Å². The zero-order valence-corrected chi connectivity index (χ0v) is 31.9. The van der Waals surface area contributed by atoms with Gasteiger partial charge >= 0.3 is 0 Å². The first kappa shape index (κ1) is 36.2. The molecule has 8 rings (SSSR count). The Morgan fingerprint density at radius 2 is 1.42 bits per heavy atom. The van der Waals surface area contributed by atoms with Crippen LogP contribution in [0.4, 0.5) is 23.4 Å². The molecule has 284 valence electrons. The van der Waals surface area contributed by atoms with Crippen molar-refractivity contribution in [3.63, 3.8) is 0 Å². The number of aromatic nitrogens is 4. The fourth-order valence-electron chi connectivity index (χ4n) is 7.70. The Morgan fingerprint density at radius 1 is 0.782 bits per heavy atom. The zero-order valence-electron chi connectivity index (χ0n) is 31.9. The van der Waals surface area contributed by atoms with Crippen LogP contribution in [0.25, 0.3) is 11.3 Å². The number of carbonyl (C=O) groups is 1. The van der Waals surface area contributed by atoms with Gasteiger partial charge in [-0.25, -0.2) is 15.0 Å². The van der Waals surface area contributed by atoms with E-state index in [1.807, 2.05) is 53.7 Å². The number of anilines is 4. The molecule has 0 radical (unpaired) electrons. The molecule has 0 aliphatic carbocycles. The van der Waals surface area contributed by atoms with Crippen LogP contribution in [0.3, 0.4) is 0 Å². The largest absolute Gasteiger partial charge is 0.497 e. The Balaban J connectivity index is 1.12. The number of hydrogen-bond donors (Lipinski definition) is 0. The standard InChI is InChI=1S/C43H48N8O4/c1-30-25-33(41(52)48-18-5-4-6-19-48)11-16-38(30)51-20-17-37-39(46-43(47-40(37)51)49-21-23-55-24-22-49)34-26-44-42(45-27-34)50(28-31-7-12-35(53-2)13-8-31)29-32-9-14-36(54-3)15-10-32/h7-16,25-27H,4-6,17-24,28-29H2,1-3H3. The molecular weight excluding hydrogens is 693 g/mol. The normalized spacial score (nSPS) is 15.5. The average molecular weight is 741 g/mol. The summed E-state index contributed by atoms with van der Waals surface area (Å²) in [6, 6.07) is 22.3. The number of carbonyl (C=O) groups excluding carboxylic acids is 1. The summed E-state index contributed by atoms with van der Waals surface area (Å²) in [7, 11) is 3.35. The molecule has 0 spiro atoms. The Hall–Kier alpha value is -5.75. The lowest BCUT2D eigenvalue weighted by atomic mass is 10.1. The molecule has 2 aromatic heterocycles. The van der Waals surface area contributed by atoms with Crippen LogP contribution in [-0.2, 0) is 24.2 Å². The molecule has 2 saturated heterocycles. The highest BCUT2D eigenvalue weighted by molar-refractivity contribution is 5.95. The molecule has 55 heavy (non-hydrogen) atoms. The van der Waals surface area contributed by atoms with Crippen molar-refractivity contribution in [3.8, 4) is 22.8 Å². The van der Waals surface area contributed by atoms with Crippen LogP contribution in [0, 0.1) is 6.92 Å². The maximum Gasteiger partial charge on any atom is 0.253 e. The van der Waals surface area contributed by atoms with E-state index < -0.39 is 0 Å². The first-order valence-electron chi connectivity index (χ1n) is 19.2. The van der Waals surface area contributed by atoms with Gasteiger partial charge in [0.15, 0.2) is 0 Å². The van der Waals surface area contributed by atoms with Crippen molar-refractivity contribution in [2.24, 2.45) is 0 Å². The van der Waals surface area contributed by atoms with Gasteiger partial charge in [0.1, 0.15) is 17.3 Å². The summed E-state index contributed by atoms with van der Waals surface area (Å²) in [5.41, 5.74) is 7.81. The number of amides is 1. The van der Waals surface area contributed by atoms with Crippen LogP contribution in [0.5, 0.6) is 11.5 Å². The van der Waals surface area contributed by atoms with Crippen LogP contribution in [0.1, 0.15) is 51.9 Å².